The molecule has 0 radical (unpaired) electrons. The Bertz CT molecular complexity index is 250. The second kappa shape index (κ2) is 6.68. The molecule has 3 N–H and O–H groups in total. The topological polar surface area (TPSA) is 59.6 Å². The van der Waals surface area contributed by atoms with Crippen molar-refractivity contribution in [3.8, 4) is 0 Å². The number of ether oxygens (including phenoxy) is 1. The minimum Gasteiger partial charge on any atom is -0.370 e. The van der Waals surface area contributed by atoms with E-state index in [0.29, 0.717) is 6.04 Å². The van der Waals surface area contributed by atoms with Crippen LogP contribution in [-0.4, -0.2) is 31.5 Å². The Balaban J connectivity index is 2.15. The third-order valence-electron chi connectivity index (χ3n) is 2.60. The molecule has 100 valence electrons. The number of hydrogen-bond donors (Lipinski definition) is 2. The Kier molecular flexibility index (Phi) is 5.54. The van der Waals surface area contributed by atoms with Gasteiger partial charge in [-0.25, -0.2) is 0 Å². The Hall–Kier alpha value is -0.980. The van der Waals surface area contributed by atoms with Crippen molar-refractivity contribution < 1.29 is 17.9 Å². The average Bonchev–Trinajstić information content (AvgIpc) is 2.25. The van der Waals surface area contributed by atoms with Crippen LogP contribution in [0.1, 0.15) is 32.1 Å². The highest BCUT2D eigenvalue weighted by Crippen LogP contribution is 2.17. The summed E-state index contributed by atoms with van der Waals surface area (Å²) < 4.78 is 38.5. The van der Waals surface area contributed by atoms with Crippen LogP contribution < -0.4 is 11.1 Å². The van der Waals surface area contributed by atoms with Crippen molar-refractivity contribution >= 4 is 5.96 Å². The maximum atomic E-state index is 11.6. The molecule has 17 heavy (non-hydrogen) atoms. The Morgan fingerprint density at radius 2 is 1.94 bits per heavy atom. The largest absolute Gasteiger partial charge is 0.522 e. The Morgan fingerprint density at radius 3 is 2.53 bits per heavy atom. The monoisotopic (exact) mass is 253 g/mol. The molecule has 0 aromatic rings. The van der Waals surface area contributed by atoms with Crippen molar-refractivity contribution in [1.29, 1.82) is 0 Å². The molecule has 0 aliphatic heterocycles. The number of aliphatic imine (C=N–C) groups is 1. The summed E-state index contributed by atoms with van der Waals surface area (Å²) in [5.74, 6) is 0.197. The van der Waals surface area contributed by atoms with Gasteiger partial charge in [-0.2, -0.15) is 0 Å². The summed E-state index contributed by atoms with van der Waals surface area (Å²) in [6.45, 7) is -0.596. The fourth-order valence-electron chi connectivity index (χ4n) is 1.83. The average molecular weight is 253 g/mol. The molecule has 1 aliphatic carbocycles. The molecule has 1 saturated carbocycles. The van der Waals surface area contributed by atoms with Crippen LogP contribution in [0, 0.1) is 0 Å². The second-order valence-corrected chi connectivity index (χ2v) is 4.04. The van der Waals surface area contributed by atoms with Gasteiger partial charge in [0.05, 0.1) is 13.2 Å². The zero-order valence-corrected chi connectivity index (χ0v) is 9.59. The van der Waals surface area contributed by atoms with Crippen LogP contribution in [0.25, 0.3) is 0 Å². The second-order valence-electron chi connectivity index (χ2n) is 4.04. The van der Waals surface area contributed by atoms with Crippen molar-refractivity contribution in [2.45, 2.75) is 44.5 Å². The molecule has 0 amide bonds. The maximum absolute atomic E-state index is 11.6. The number of hydrogen-bond acceptors (Lipinski definition) is 2. The van der Waals surface area contributed by atoms with Crippen molar-refractivity contribution in [3.63, 3.8) is 0 Å². The third-order valence-corrected chi connectivity index (χ3v) is 2.60. The normalized spacial score (nSPS) is 19.4. The molecule has 0 spiro atoms. The van der Waals surface area contributed by atoms with Crippen LogP contribution >= 0.6 is 0 Å². The standard InChI is InChI=1S/C10H18F3N3O/c11-10(12,13)17-7-6-15-9(14)16-8-4-2-1-3-5-8/h8H,1-7H2,(H3,14,15,16). The molecule has 4 nitrogen and oxygen atoms in total. The maximum Gasteiger partial charge on any atom is 0.522 e. The number of rotatable bonds is 4. The van der Waals surface area contributed by atoms with Gasteiger partial charge in [0.1, 0.15) is 0 Å². The number of alkyl halides is 3. The first kappa shape index (κ1) is 14.1. The van der Waals surface area contributed by atoms with Gasteiger partial charge in [-0.3, -0.25) is 9.73 Å². The van der Waals surface area contributed by atoms with Gasteiger partial charge < -0.3 is 11.1 Å². The molecular formula is C10H18F3N3O. The Labute approximate surface area is 98.4 Å². The van der Waals surface area contributed by atoms with E-state index in [0.717, 1.165) is 25.7 Å². The summed E-state index contributed by atoms with van der Waals surface area (Å²) in [6.07, 6.45) is 1.02. The summed E-state index contributed by atoms with van der Waals surface area (Å²) in [5, 5.41) is 3.01. The number of nitrogens with zero attached hydrogens (tertiary/aromatic N) is 1. The van der Waals surface area contributed by atoms with Crippen LogP contribution in [0.3, 0.4) is 0 Å². The molecular weight excluding hydrogens is 235 g/mol. The van der Waals surface area contributed by atoms with E-state index in [1.165, 1.54) is 6.42 Å². The first-order chi connectivity index (χ1) is 7.97. The highest BCUT2D eigenvalue weighted by atomic mass is 19.4. The molecule has 0 aromatic carbocycles. The molecule has 1 fully saturated rings. The van der Waals surface area contributed by atoms with Gasteiger partial charge in [0.2, 0.25) is 0 Å². The van der Waals surface area contributed by atoms with Crippen LogP contribution in [0.2, 0.25) is 0 Å². The van der Waals surface area contributed by atoms with Gasteiger partial charge in [-0.15, -0.1) is 13.2 Å². The highest BCUT2D eigenvalue weighted by Gasteiger charge is 2.28. The smallest absolute Gasteiger partial charge is 0.370 e. The lowest BCUT2D eigenvalue weighted by Gasteiger charge is -2.23. The van der Waals surface area contributed by atoms with E-state index in [1.54, 1.807) is 0 Å². The molecule has 7 heteroatoms. The quantitative estimate of drug-likeness (QED) is 0.456. The molecule has 0 saturated heterocycles. The molecule has 0 atom stereocenters. The minimum absolute atomic E-state index is 0.0922. The zero-order valence-electron chi connectivity index (χ0n) is 9.59. The van der Waals surface area contributed by atoms with E-state index in [-0.39, 0.29) is 12.5 Å². The van der Waals surface area contributed by atoms with Crippen LogP contribution in [0.4, 0.5) is 13.2 Å². The van der Waals surface area contributed by atoms with Gasteiger partial charge in [0, 0.05) is 6.04 Å². The minimum atomic E-state index is -4.60. The predicted molar refractivity (Wildman–Crippen MR) is 58.5 cm³/mol. The van der Waals surface area contributed by atoms with E-state index in [2.05, 4.69) is 15.0 Å². The summed E-state index contributed by atoms with van der Waals surface area (Å²) in [4.78, 5) is 3.78. The first-order valence-electron chi connectivity index (χ1n) is 5.74. The molecule has 1 aliphatic rings. The summed E-state index contributed by atoms with van der Waals surface area (Å²) in [7, 11) is 0. The molecule has 0 aromatic heterocycles. The molecule has 0 unspecified atom stereocenters. The van der Waals surface area contributed by atoms with Crippen molar-refractivity contribution in [2.24, 2.45) is 10.7 Å². The summed E-state index contributed by atoms with van der Waals surface area (Å²) in [5.41, 5.74) is 5.56. The lowest BCUT2D eigenvalue weighted by Crippen LogP contribution is -2.41. The van der Waals surface area contributed by atoms with Crippen LogP contribution in [0.5, 0.6) is 0 Å². The number of nitrogens with two attached hydrogens (primary N) is 1. The molecule has 0 bridgehead atoms. The van der Waals surface area contributed by atoms with Crippen molar-refractivity contribution in [3.05, 3.63) is 0 Å². The Morgan fingerprint density at radius 1 is 1.29 bits per heavy atom. The van der Waals surface area contributed by atoms with Crippen LogP contribution in [-0.2, 0) is 4.74 Å². The third kappa shape index (κ3) is 7.04. The van der Waals surface area contributed by atoms with E-state index in [4.69, 9.17) is 5.73 Å². The van der Waals surface area contributed by atoms with Crippen LogP contribution in [0.15, 0.2) is 4.99 Å². The lowest BCUT2D eigenvalue weighted by molar-refractivity contribution is -0.323. The van der Waals surface area contributed by atoms with Crippen molar-refractivity contribution in [1.82, 2.24) is 5.32 Å². The summed E-state index contributed by atoms with van der Waals surface area (Å²) in [6, 6.07) is 0.302. The fourth-order valence-corrected chi connectivity index (χ4v) is 1.83. The summed E-state index contributed by atoms with van der Waals surface area (Å²) >= 11 is 0. The lowest BCUT2D eigenvalue weighted by atomic mass is 9.96. The van der Waals surface area contributed by atoms with Gasteiger partial charge in [0.25, 0.3) is 0 Å². The van der Waals surface area contributed by atoms with Gasteiger partial charge in [-0.1, -0.05) is 19.3 Å². The number of nitrogens with one attached hydrogen (secondary N) is 1. The first-order valence-corrected chi connectivity index (χ1v) is 5.74. The van der Waals surface area contributed by atoms with Gasteiger partial charge in [0.15, 0.2) is 5.96 Å². The van der Waals surface area contributed by atoms with E-state index in [9.17, 15) is 13.2 Å². The van der Waals surface area contributed by atoms with E-state index in [1.807, 2.05) is 0 Å². The zero-order chi connectivity index (χ0) is 12.7. The SMILES string of the molecule is NC(=NCCOC(F)(F)F)NC1CCCCC1. The van der Waals surface area contributed by atoms with Gasteiger partial charge in [-0.05, 0) is 12.8 Å². The van der Waals surface area contributed by atoms with Gasteiger partial charge >= 0.3 is 6.36 Å². The van der Waals surface area contributed by atoms with E-state index >= 15 is 0 Å². The predicted octanol–water partition coefficient (Wildman–Crippen LogP) is 1.76. The fraction of sp³-hybridized carbons (Fsp3) is 0.900. The highest BCUT2D eigenvalue weighted by molar-refractivity contribution is 5.78. The number of halogens is 3. The van der Waals surface area contributed by atoms with Crippen molar-refractivity contribution in [2.75, 3.05) is 13.2 Å². The molecule has 0 heterocycles. The molecule has 1 rings (SSSR count). The van der Waals surface area contributed by atoms with E-state index < -0.39 is 13.0 Å². The number of guanidine groups is 1.